The number of nitrogens with zero attached hydrogens (tertiary/aromatic N) is 6. The molecule has 0 unspecified atom stereocenters. The summed E-state index contributed by atoms with van der Waals surface area (Å²) in [5.41, 5.74) is 19.3. The van der Waals surface area contributed by atoms with Gasteiger partial charge in [0.25, 0.3) is 24.2 Å². The van der Waals surface area contributed by atoms with Crippen LogP contribution in [-0.4, -0.2) is 114 Å². The Labute approximate surface area is 842 Å². The molecule has 3 aliphatic rings. The number of rotatable bonds is 10. The standard InChI is InChI=1S/C38H71N5O2.C25H43ClN4O2.C19H39NO.C6H5Cl2N3O.C4H11N.CH2O3.CH4.2K.H/c1-23-24(25(39)44)26(41-27(40-23)43-38(29(5,6)7,30(8,9)10)31(11,12)13)42-36(21)33(16,17)32(14,15)35(20,28(2,3)4)37(22,45)34(36,18)19;1-14-15(16(27)31)17(29-18(26)28-14)30-24(12)21(7,8)20(5,6)23(11,19(2,3)4)25(13,32)22(24,9)10;1-13(2,3)17(10)14(4,5)15(6,7)18(11,20)16(8,9)19(17,12)21;1-2-3(5(9)12)4(7)11-6(8)10-2;1-4(2,3)5;2-1-4-3;;;;/h45H,1-22H3,(H2,39,44)(H2,40,41,42,43);32H,1-13H3,(H2,27,31)(H,28,29,30);21H,20H2,1-12H3;1H3,(H2,9,12);5H2,1-3H3;1,3H;1H4;;;/q;;;;;;;2*+1;-1/p-1/t35-,36-,37-;23-,24-,25-;17-,18-,19-;;;;;;;/m111......./s1. The van der Waals surface area contributed by atoms with Crippen LogP contribution >= 0.6 is 34.8 Å². The van der Waals surface area contributed by atoms with Gasteiger partial charge >= 0.3 is 103 Å². The maximum atomic E-state index is 13.1. The minimum absolute atomic E-state index is 0. The average molecular weight is 1830 g/mol. The Bertz CT molecular complexity index is 4050. The summed E-state index contributed by atoms with van der Waals surface area (Å²) < 4.78 is 0. The Balaban J connectivity index is -0.000000789. The van der Waals surface area contributed by atoms with Crippen molar-refractivity contribution in [2.45, 2.75) is 405 Å². The molecule has 3 aromatic heterocycles. The first-order chi connectivity index (χ1) is 51.5. The van der Waals surface area contributed by atoms with E-state index in [4.69, 9.17) is 83.5 Å². The molecule has 0 radical (unpaired) electrons. The number of carbonyl (C=O) groups excluding carboxylic acids is 4. The first kappa shape index (κ1) is 125. The van der Waals surface area contributed by atoms with E-state index in [2.05, 4.69) is 332 Å². The summed E-state index contributed by atoms with van der Waals surface area (Å²) >= 11 is 17.2. The fraction of sp³-hybridized carbons (Fsp3) is 0.830. The second-order valence-corrected chi connectivity index (χ2v) is 49.4. The van der Waals surface area contributed by atoms with Gasteiger partial charge in [0.2, 0.25) is 16.5 Å². The molecule has 0 saturated heterocycles. The van der Waals surface area contributed by atoms with E-state index in [1.165, 1.54) is 0 Å². The van der Waals surface area contributed by atoms with Crippen molar-refractivity contribution < 1.29 is 149 Å². The molecule has 3 aromatic rings. The molecule has 0 aromatic carbocycles. The van der Waals surface area contributed by atoms with Gasteiger partial charge in [-0.25, -0.2) is 19.9 Å². The molecule has 3 fully saturated rings. The second kappa shape index (κ2) is 37.8. The average Bonchev–Trinajstić information content (AvgIpc) is 0.659. The van der Waals surface area contributed by atoms with Crippen LogP contribution in [0.1, 0.15) is 389 Å². The fourth-order valence-corrected chi connectivity index (χ4v) is 25.0. The van der Waals surface area contributed by atoms with Gasteiger partial charge in [0.05, 0.1) is 45.0 Å². The molecule has 3 saturated carbocycles. The van der Waals surface area contributed by atoms with Gasteiger partial charge in [-0.1, -0.05) is 289 Å². The predicted octanol–water partition coefficient (Wildman–Crippen LogP) is 14.6. The van der Waals surface area contributed by atoms with Crippen LogP contribution in [-0.2, 0) is 9.68 Å². The Kier molecular flexibility index (Phi) is 38.6. The maximum absolute atomic E-state index is 13.1. The van der Waals surface area contributed by atoms with Crippen LogP contribution < -0.4 is 153 Å². The molecule has 698 valence electrons. The third-order valence-electron chi connectivity index (χ3n) is 35.5. The minimum atomic E-state index is -1.14. The number of aliphatic hydroxyl groups is 3. The molecule has 0 aliphatic heterocycles. The number of aromatic nitrogens is 6. The van der Waals surface area contributed by atoms with Crippen LogP contribution in [0.2, 0.25) is 15.7 Å². The van der Waals surface area contributed by atoms with Crippen LogP contribution in [0.15, 0.2) is 0 Å². The number of aryl methyl sites for hydroxylation is 3. The number of hydrogen-bond acceptors (Lipinski definition) is 20. The summed E-state index contributed by atoms with van der Waals surface area (Å²) in [4.78, 5) is 73.2. The Morgan fingerprint density at radius 2 is 0.631 bits per heavy atom. The third kappa shape index (κ3) is 19.4. The quantitative estimate of drug-likeness (QED) is 0.0224. The summed E-state index contributed by atoms with van der Waals surface area (Å²) in [6.07, 6.45) is 0. The van der Waals surface area contributed by atoms with E-state index in [1.54, 1.807) is 13.8 Å². The smallest absolute Gasteiger partial charge is 1.00 e. The van der Waals surface area contributed by atoms with Gasteiger partial charge in [0, 0.05) is 54.6 Å². The van der Waals surface area contributed by atoms with Gasteiger partial charge < -0.3 is 71.5 Å². The predicted molar refractivity (Wildman–Crippen MR) is 500 cm³/mol. The molecule has 23 nitrogen and oxygen atoms in total. The molecular formula is C94H175Cl3K2N14O9. The monoisotopic (exact) mass is 1830 g/mol. The van der Waals surface area contributed by atoms with Crippen LogP contribution in [0.25, 0.3) is 0 Å². The summed E-state index contributed by atoms with van der Waals surface area (Å²) in [5.74, 6) is -0.741. The van der Waals surface area contributed by atoms with Gasteiger partial charge in [-0.15, -0.1) is 0 Å². The number of anilines is 3. The van der Waals surface area contributed by atoms with Crippen molar-refractivity contribution in [3.8, 4) is 0 Å². The van der Waals surface area contributed by atoms with E-state index in [0.717, 1.165) is 0 Å². The molecule has 6 rings (SSSR count). The molecule has 3 heterocycles. The zero-order valence-electron chi connectivity index (χ0n) is 87.1. The van der Waals surface area contributed by atoms with E-state index in [-0.39, 0.29) is 210 Å². The normalized spacial score (nSPS) is 28.9. The van der Waals surface area contributed by atoms with Gasteiger partial charge in [0.1, 0.15) is 27.9 Å². The first-order valence-corrected chi connectivity index (χ1v) is 43.0. The van der Waals surface area contributed by atoms with Crippen molar-refractivity contribution in [1.29, 1.82) is 0 Å². The third-order valence-corrected chi connectivity index (χ3v) is 36.1. The van der Waals surface area contributed by atoms with Gasteiger partial charge in [0.15, 0.2) is 0 Å². The number of nitrogens with two attached hydrogens (primary N) is 5. The molecule has 0 spiro atoms. The summed E-state index contributed by atoms with van der Waals surface area (Å²) in [5, 5.41) is 56.8. The summed E-state index contributed by atoms with van der Waals surface area (Å²) in [7, 11) is 0. The number of halogens is 3. The molecule has 3 amide bonds. The number of hydrogen-bond donors (Lipinski definition) is 11. The van der Waals surface area contributed by atoms with Crippen molar-refractivity contribution in [3.05, 3.63) is 49.5 Å². The first-order valence-electron chi connectivity index (χ1n) is 41.9. The van der Waals surface area contributed by atoms with E-state index in [1.807, 2.05) is 48.5 Å². The Morgan fingerprint density at radius 3 is 0.869 bits per heavy atom. The van der Waals surface area contributed by atoms with Gasteiger partial charge in [-0.05, 0) is 171 Å². The molecule has 122 heavy (non-hydrogen) atoms. The topological polar surface area (TPSA) is 405 Å². The molecule has 9 atom stereocenters. The number of carbonyl (C=O) groups is 4. The number of nitrogens with one attached hydrogen (secondary N) is 3. The largest absolute Gasteiger partial charge is 1.00 e. The minimum Gasteiger partial charge on any atom is -1.00 e. The molecule has 28 heteroatoms. The molecule has 0 bridgehead atoms. The van der Waals surface area contributed by atoms with Gasteiger partial charge in [-0.2, -0.15) is 9.97 Å². The van der Waals surface area contributed by atoms with E-state index in [0.29, 0.717) is 34.7 Å². The maximum Gasteiger partial charge on any atom is 1.00 e. The van der Waals surface area contributed by atoms with E-state index in [9.17, 15) is 29.7 Å². The number of primary amides is 3. The van der Waals surface area contributed by atoms with Crippen molar-refractivity contribution >= 4 is 76.6 Å². The second-order valence-electron chi connectivity index (χ2n) is 48.3. The molecule has 16 N–H and O–H groups in total. The zero-order valence-corrected chi connectivity index (χ0v) is 94.6. The van der Waals surface area contributed by atoms with Crippen LogP contribution in [0, 0.1) is 118 Å². The Hall–Kier alpha value is -1.58. The van der Waals surface area contributed by atoms with E-state index < -0.39 is 100 Å². The number of amides is 3. The molecule has 3 aliphatic carbocycles. The van der Waals surface area contributed by atoms with Crippen molar-refractivity contribution in [2.24, 2.45) is 126 Å². The van der Waals surface area contributed by atoms with E-state index >= 15 is 0 Å². The van der Waals surface area contributed by atoms with Gasteiger partial charge in [-0.3, -0.25) is 19.2 Å². The molecular weight excluding hydrogens is 1650 g/mol. The van der Waals surface area contributed by atoms with Crippen molar-refractivity contribution in [3.63, 3.8) is 0 Å². The van der Waals surface area contributed by atoms with Crippen LogP contribution in [0.5, 0.6) is 0 Å². The van der Waals surface area contributed by atoms with Crippen LogP contribution in [0.3, 0.4) is 0 Å². The zero-order chi connectivity index (χ0) is 96.4. The SMILES string of the molecule is C.CC(C)(C)N.CC1(C)C(C)(C)[C@@](C)(C(C)(C)C)[C@](C)(O)C(C)(C)[C@]1(C)N.Cc1nc(Cl)nc(Cl)c1C(N)=O.Cc1nc(Cl)nc(N[C@]2(C)C(C)(C)C(C)(C)[C@@](C)(C(C)(C)C)[C@](C)(O)C2(C)C)c1C(N)=O.Cc1nc(NC(C(C)(C)C)(C(C)(C)C)C(C)(C)C)nc(N[C@]2(C)C(C)(C)C(C)(C)[C@@](C)(C(C)(C)C)[C@](C)(O)C2(C)C)c1C(N)=O.O=CO[O-].[H-].[K+].[K+]. The fourth-order valence-electron chi connectivity index (χ4n) is 24.2. The van der Waals surface area contributed by atoms with Crippen LogP contribution in [0.4, 0.5) is 17.6 Å². The summed E-state index contributed by atoms with van der Waals surface area (Å²) in [6, 6.07) is 0. The van der Waals surface area contributed by atoms with Crippen molar-refractivity contribution in [1.82, 2.24) is 29.9 Å². The Morgan fingerprint density at radius 1 is 0.402 bits per heavy atom. The van der Waals surface area contributed by atoms with Crippen molar-refractivity contribution in [2.75, 3.05) is 16.0 Å². The summed E-state index contributed by atoms with van der Waals surface area (Å²) in [6.45, 7) is 110.